The maximum atomic E-state index is 13.6. The largest absolute Gasteiger partial charge is 0.381 e. The van der Waals surface area contributed by atoms with Crippen molar-refractivity contribution in [3.63, 3.8) is 0 Å². The molecule has 3 aromatic heterocycles. The number of ether oxygens (including phenoxy) is 1. The summed E-state index contributed by atoms with van der Waals surface area (Å²) in [5.74, 6) is 0.0352. The number of fused-ring (bicyclic) bond motifs is 1. The molecule has 0 bridgehead atoms. The molecule has 1 aromatic carbocycles. The molecule has 28 heavy (non-hydrogen) atoms. The lowest BCUT2D eigenvalue weighted by molar-refractivity contribution is 0.0662. The number of benzene rings is 1. The van der Waals surface area contributed by atoms with Gasteiger partial charge >= 0.3 is 0 Å². The Labute approximate surface area is 159 Å². The van der Waals surface area contributed by atoms with E-state index in [-0.39, 0.29) is 5.82 Å². The van der Waals surface area contributed by atoms with Gasteiger partial charge in [-0.3, -0.25) is 4.68 Å². The van der Waals surface area contributed by atoms with Crippen LogP contribution in [-0.2, 0) is 4.74 Å². The number of aromatic nitrogens is 7. The zero-order chi connectivity index (χ0) is 18.9. The Hall–Kier alpha value is -3.40. The maximum Gasteiger partial charge on any atom is 0.229 e. The van der Waals surface area contributed by atoms with Gasteiger partial charge in [0, 0.05) is 19.4 Å². The minimum Gasteiger partial charge on any atom is -0.381 e. The van der Waals surface area contributed by atoms with Crippen LogP contribution >= 0.6 is 0 Å². The molecule has 0 spiro atoms. The lowest BCUT2D eigenvalue weighted by Gasteiger charge is -2.22. The average molecular weight is 380 g/mol. The highest BCUT2D eigenvalue weighted by Crippen LogP contribution is 2.23. The van der Waals surface area contributed by atoms with Crippen molar-refractivity contribution in [3.8, 4) is 5.69 Å². The van der Waals surface area contributed by atoms with Gasteiger partial charge in [-0.1, -0.05) is 11.3 Å². The highest BCUT2D eigenvalue weighted by Gasteiger charge is 2.17. The summed E-state index contributed by atoms with van der Waals surface area (Å²) in [5, 5.41) is 15.7. The van der Waals surface area contributed by atoms with Crippen LogP contribution in [0.15, 0.2) is 42.9 Å². The van der Waals surface area contributed by atoms with Gasteiger partial charge in [0.05, 0.1) is 29.8 Å². The average Bonchev–Trinajstić information content (AvgIpc) is 3.35. The lowest BCUT2D eigenvalue weighted by Crippen LogP contribution is -2.19. The van der Waals surface area contributed by atoms with Crippen LogP contribution in [0.4, 0.5) is 16.0 Å². The normalized spacial score (nSPS) is 15.2. The van der Waals surface area contributed by atoms with Crippen molar-refractivity contribution in [2.45, 2.75) is 18.9 Å². The first kappa shape index (κ1) is 16.8. The molecule has 5 rings (SSSR count). The van der Waals surface area contributed by atoms with Crippen molar-refractivity contribution < 1.29 is 9.13 Å². The molecular formula is C18H17FN8O. The van der Waals surface area contributed by atoms with Gasteiger partial charge in [0.2, 0.25) is 5.95 Å². The second kappa shape index (κ2) is 6.97. The number of halogens is 1. The Kier molecular flexibility index (Phi) is 4.17. The van der Waals surface area contributed by atoms with E-state index in [2.05, 4.69) is 30.7 Å². The Morgan fingerprint density at radius 3 is 2.93 bits per heavy atom. The summed E-state index contributed by atoms with van der Waals surface area (Å²) in [5.41, 5.74) is 2.34. The van der Waals surface area contributed by atoms with E-state index in [1.54, 1.807) is 24.5 Å². The van der Waals surface area contributed by atoms with Crippen molar-refractivity contribution in [1.82, 2.24) is 34.7 Å². The number of rotatable bonds is 4. The molecule has 1 aliphatic rings. The highest BCUT2D eigenvalue weighted by atomic mass is 19.1. The van der Waals surface area contributed by atoms with Gasteiger partial charge in [0.25, 0.3) is 0 Å². The number of hydrogen-bond acceptors (Lipinski definition) is 7. The number of anilines is 2. The third kappa shape index (κ3) is 3.18. The molecule has 4 aromatic rings. The molecule has 10 heteroatoms. The molecule has 4 heterocycles. The first-order valence-corrected chi connectivity index (χ1v) is 8.99. The van der Waals surface area contributed by atoms with Gasteiger partial charge < -0.3 is 10.1 Å². The van der Waals surface area contributed by atoms with Gasteiger partial charge in [0.1, 0.15) is 5.82 Å². The Bertz CT molecular complexity index is 1120. The Morgan fingerprint density at radius 1 is 1.18 bits per heavy atom. The van der Waals surface area contributed by atoms with E-state index in [4.69, 9.17) is 4.74 Å². The zero-order valence-corrected chi connectivity index (χ0v) is 14.9. The molecule has 0 saturated carbocycles. The van der Waals surface area contributed by atoms with E-state index in [1.807, 2.05) is 10.9 Å². The van der Waals surface area contributed by atoms with Crippen molar-refractivity contribution in [2.75, 3.05) is 18.5 Å². The van der Waals surface area contributed by atoms with Gasteiger partial charge in [-0.05, 0) is 31.0 Å². The van der Waals surface area contributed by atoms with Crippen molar-refractivity contribution in [2.24, 2.45) is 0 Å². The van der Waals surface area contributed by atoms with Crippen molar-refractivity contribution in [1.29, 1.82) is 0 Å². The Balaban J connectivity index is 1.42. The van der Waals surface area contributed by atoms with Crippen LogP contribution in [0, 0.1) is 5.82 Å². The fourth-order valence-electron chi connectivity index (χ4n) is 3.25. The third-order valence-electron chi connectivity index (χ3n) is 4.67. The molecule has 142 valence electrons. The maximum absolute atomic E-state index is 13.6. The molecule has 9 nitrogen and oxygen atoms in total. The molecular weight excluding hydrogens is 363 g/mol. The quantitative estimate of drug-likeness (QED) is 0.581. The van der Waals surface area contributed by atoms with Crippen LogP contribution in [0.5, 0.6) is 0 Å². The molecule has 1 fully saturated rings. The van der Waals surface area contributed by atoms with Crippen LogP contribution in [-0.4, -0.2) is 48.0 Å². The van der Waals surface area contributed by atoms with Crippen LogP contribution in [0.1, 0.15) is 18.9 Å². The molecule has 0 aliphatic carbocycles. The minimum absolute atomic E-state index is 0.339. The predicted molar refractivity (Wildman–Crippen MR) is 99.0 cm³/mol. The van der Waals surface area contributed by atoms with E-state index < -0.39 is 0 Å². The smallest absolute Gasteiger partial charge is 0.229 e. The van der Waals surface area contributed by atoms with Gasteiger partial charge in [-0.2, -0.15) is 14.8 Å². The summed E-state index contributed by atoms with van der Waals surface area (Å²) in [6.07, 6.45) is 7.15. The van der Waals surface area contributed by atoms with Crippen molar-refractivity contribution in [3.05, 3.63) is 48.7 Å². The summed E-state index contributed by atoms with van der Waals surface area (Å²) in [4.78, 5) is 8.77. The summed E-state index contributed by atoms with van der Waals surface area (Å²) in [7, 11) is 0. The van der Waals surface area contributed by atoms with E-state index in [1.165, 1.54) is 16.8 Å². The van der Waals surface area contributed by atoms with Crippen LogP contribution in [0.25, 0.3) is 16.9 Å². The summed E-state index contributed by atoms with van der Waals surface area (Å²) in [6, 6.07) is 6.45. The summed E-state index contributed by atoms with van der Waals surface area (Å²) in [6.45, 7) is 1.51. The predicted octanol–water partition coefficient (Wildman–Crippen LogP) is 2.64. The van der Waals surface area contributed by atoms with E-state index >= 15 is 0 Å². The molecule has 1 N–H and O–H groups in total. The van der Waals surface area contributed by atoms with E-state index in [0.29, 0.717) is 28.8 Å². The molecule has 0 atom stereocenters. The van der Waals surface area contributed by atoms with E-state index in [0.717, 1.165) is 31.7 Å². The fourth-order valence-corrected chi connectivity index (χ4v) is 3.25. The van der Waals surface area contributed by atoms with Crippen LogP contribution < -0.4 is 5.32 Å². The van der Waals surface area contributed by atoms with E-state index in [9.17, 15) is 4.39 Å². The summed E-state index contributed by atoms with van der Waals surface area (Å²) < 4.78 is 22.4. The minimum atomic E-state index is -0.353. The molecule has 0 unspecified atom stereocenters. The standard InChI is InChI=1S/C18H17FN8O/c19-12-2-1-3-15(8-12)27-17-16(24-25-27)10-20-18(23-17)22-13-9-21-26(11-13)14-4-6-28-7-5-14/h1-3,8-11,14H,4-7H2,(H,20,22,23). The summed E-state index contributed by atoms with van der Waals surface area (Å²) >= 11 is 0. The first-order chi connectivity index (χ1) is 13.8. The molecule has 1 aliphatic heterocycles. The van der Waals surface area contributed by atoms with Gasteiger partial charge in [-0.25, -0.2) is 9.37 Å². The number of nitrogens with one attached hydrogen (secondary N) is 1. The SMILES string of the molecule is Fc1cccc(-n2nnc3cnc(Nc4cnn(C5CCOCC5)c4)nc32)c1. The van der Waals surface area contributed by atoms with Crippen LogP contribution in [0.2, 0.25) is 0 Å². The number of nitrogens with zero attached hydrogens (tertiary/aromatic N) is 7. The third-order valence-corrected chi connectivity index (χ3v) is 4.67. The molecule has 0 radical (unpaired) electrons. The topological polar surface area (TPSA) is 95.6 Å². The Morgan fingerprint density at radius 2 is 2.07 bits per heavy atom. The first-order valence-electron chi connectivity index (χ1n) is 8.99. The monoisotopic (exact) mass is 380 g/mol. The second-order valence-electron chi connectivity index (χ2n) is 6.56. The molecule has 1 saturated heterocycles. The zero-order valence-electron chi connectivity index (χ0n) is 14.9. The van der Waals surface area contributed by atoms with Crippen molar-refractivity contribution >= 4 is 22.8 Å². The highest BCUT2D eigenvalue weighted by molar-refractivity contribution is 5.72. The van der Waals surface area contributed by atoms with Gasteiger partial charge in [-0.15, -0.1) is 5.10 Å². The lowest BCUT2D eigenvalue weighted by atomic mass is 10.1. The van der Waals surface area contributed by atoms with Crippen LogP contribution in [0.3, 0.4) is 0 Å². The fraction of sp³-hybridized carbons (Fsp3) is 0.278. The van der Waals surface area contributed by atoms with Gasteiger partial charge in [0.15, 0.2) is 11.2 Å². The second-order valence-corrected chi connectivity index (χ2v) is 6.56. The molecule has 0 amide bonds. The number of hydrogen-bond donors (Lipinski definition) is 1.